The smallest absolute Gasteiger partial charge is 0.252 e. The number of aromatic amines is 1. The van der Waals surface area contributed by atoms with Crippen molar-refractivity contribution in [3.63, 3.8) is 0 Å². The highest BCUT2D eigenvalue weighted by Crippen LogP contribution is 2.22. The Bertz CT molecular complexity index is 1480. The molecule has 0 unspecified atom stereocenters. The van der Waals surface area contributed by atoms with E-state index in [1.54, 1.807) is 30.6 Å². The molecule has 2 aromatic carbocycles. The number of pyridine rings is 2. The molecule has 0 saturated heterocycles. The van der Waals surface area contributed by atoms with E-state index in [0.29, 0.717) is 22.2 Å². The van der Waals surface area contributed by atoms with E-state index in [2.05, 4.69) is 9.97 Å². The van der Waals surface area contributed by atoms with Gasteiger partial charge in [-0.1, -0.05) is 30.3 Å². The number of nitrogens with zero attached hydrogens (tertiary/aromatic N) is 2. The molecule has 7 nitrogen and oxygen atoms in total. The van der Waals surface area contributed by atoms with Gasteiger partial charge in [-0.2, -0.15) is 4.31 Å². The summed E-state index contributed by atoms with van der Waals surface area (Å²) in [7, 11) is -3.98. The van der Waals surface area contributed by atoms with Crippen molar-refractivity contribution in [2.45, 2.75) is 31.8 Å². The number of nitrogens with one attached hydrogen (secondary N) is 1. The molecule has 0 atom stereocenters. The molecule has 0 radical (unpaired) electrons. The van der Waals surface area contributed by atoms with E-state index in [9.17, 15) is 18.0 Å². The number of aromatic nitrogens is 2. The minimum atomic E-state index is -3.98. The topological polar surface area (TPSA) is 100 Å². The van der Waals surface area contributed by atoms with Gasteiger partial charge in [0, 0.05) is 42.1 Å². The molecule has 0 fully saturated rings. The van der Waals surface area contributed by atoms with E-state index in [1.165, 1.54) is 35.5 Å². The lowest BCUT2D eigenvalue weighted by Gasteiger charge is -2.22. The first-order valence-corrected chi connectivity index (χ1v) is 11.8. The van der Waals surface area contributed by atoms with Gasteiger partial charge in [0.1, 0.15) is 0 Å². The summed E-state index contributed by atoms with van der Waals surface area (Å²) in [4.78, 5) is 31.3. The predicted octanol–water partition coefficient (Wildman–Crippen LogP) is 3.83. The van der Waals surface area contributed by atoms with Crippen LogP contribution in [-0.2, 0) is 23.1 Å². The van der Waals surface area contributed by atoms with Crippen molar-refractivity contribution < 1.29 is 13.2 Å². The number of H-pyrrole nitrogens is 1. The molecule has 2 aromatic heterocycles. The number of hydrogen-bond acceptors (Lipinski definition) is 5. The first-order valence-electron chi connectivity index (χ1n) is 10.4. The van der Waals surface area contributed by atoms with Gasteiger partial charge in [0.05, 0.1) is 4.90 Å². The van der Waals surface area contributed by atoms with Gasteiger partial charge in [-0.05, 0) is 60.7 Å². The maximum absolute atomic E-state index is 13.6. The molecule has 4 rings (SSSR count). The van der Waals surface area contributed by atoms with E-state index >= 15 is 0 Å². The Labute approximate surface area is 191 Å². The quantitative estimate of drug-likeness (QED) is 0.422. The summed E-state index contributed by atoms with van der Waals surface area (Å²) >= 11 is 0. The van der Waals surface area contributed by atoms with E-state index in [-0.39, 0.29) is 29.3 Å². The Morgan fingerprint density at radius 2 is 1.79 bits per heavy atom. The number of ketones is 1. The SMILES string of the molecule is CC(=O)c1ccc(S(=O)(=O)N(Cc2cccnc2)Cc2cc3ccc(C)cc3[nH]c2=O)cc1. The van der Waals surface area contributed by atoms with E-state index in [4.69, 9.17) is 0 Å². The molecule has 0 spiro atoms. The third kappa shape index (κ3) is 4.92. The van der Waals surface area contributed by atoms with Crippen LogP contribution < -0.4 is 5.56 Å². The summed E-state index contributed by atoms with van der Waals surface area (Å²) in [6.45, 7) is 3.28. The van der Waals surface area contributed by atoms with Gasteiger partial charge in [-0.3, -0.25) is 14.6 Å². The van der Waals surface area contributed by atoms with Crippen molar-refractivity contribution in [2.75, 3.05) is 0 Å². The number of sulfonamides is 1. The highest BCUT2D eigenvalue weighted by molar-refractivity contribution is 7.89. The lowest BCUT2D eigenvalue weighted by Crippen LogP contribution is -2.32. The molecule has 33 heavy (non-hydrogen) atoms. The maximum Gasteiger partial charge on any atom is 0.252 e. The Hall–Kier alpha value is -3.62. The fourth-order valence-corrected chi connectivity index (χ4v) is 5.01. The maximum atomic E-state index is 13.6. The molecule has 0 saturated carbocycles. The molecule has 4 aromatic rings. The molecule has 0 aliphatic heterocycles. The summed E-state index contributed by atoms with van der Waals surface area (Å²) in [5.41, 5.74) is 2.82. The van der Waals surface area contributed by atoms with Crippen molar-refractivity contribution in [1.29, 1.82) is 0 Å². The molecule has 1 N–H and O–H groups in total. The minimum absolute atomic E-state index is 0.0377. The van der Waals surface area contributed by atoms with Gasteiger partial charge in [0.15, 0.2) is 5.78 Å². The molecule has 168 valence electrons. The van der Waals surface area contributed by atoms with Crippen LogP contribution in [0.4, 0.5) is 0 Å². The zero-order chi connectivity index (χ0) is 23.6. The number of carbonyl (C=O) groups is 1. The van der Waals surface area contributed by atoms with Crippen LogP contribution in [0.1, 0.15) is 34.0 Å². The Balaban J connectivity index is 1.76. The fraction of sp³-hybridized carbons (Fsp3) is 0.160. The number of hydrogen-bond donors (Lipinski definition) is 1. The van der Waals surface area contributed by atoms with Gasteiger partial charge in [-0.25, -0.2) is 8.42 Å². The monoisotopic (exact) mass is 461 g/mol. The van der Waals surface area contributed by atoms with Crippen molar-refractivity contribution >= 4 is 26.7 Å². The van der Waals surface area contributed by atoms with Crippen LogP contribution in [0, 0.1) is 6.92 Å². The third-order valence-electron chi connectivity index (χ3n) is 5.41. The molecule has 0 bridgehead atoms. The second-order valence-corrected chi connectivity index (χ2v) is 9.87. The molecular formula is C25H23N3O4S. The molecule has 8 heteroatoms. The zero-order valence-corrected chi connectivity index (χ0v) is 19.1. The normalized spacial score (nSPS) is 11.7. The number of fused-ring (bicyclic) bond motifs is 1. The largest absolute Gasteiger partial charge is 0.322 e. The Morgan fingerprint density at radius 1 is 1.03 bits per heavy atom. The first kappa shape index (κ1) is 22.6. The summed E-state index contributed by atoms with van der Waals surface area (Å²) in [6.07, 6.45) is 3.20. The number of benzene rings is 2. The average molecular weight is 462 g/mol. The molecule has 0 aliphatic rings. The van der Waals surface area contributed by atoms with Crippen molar-refractivity contribution in [3.8, 4) is 0 Å². The van der Waals surface area contributed by atoms with Gasteiger partial charge in [-0.15, -0.1) is 0 Å². The van der Waals surface area contributed by atoms with Crippen molar-refractivity contribution in [3.05, 3.63) is 106 Å². The molecule has 0 aliphatic carbocycles. The average Bonchev–Trinajstić information content (AvgIpc) is 2.80. The lowest BCUT2D eigenvalue weighted by molar-refractivity contribution is 0.101. The zero-order valence-electron chi connectivity index (χ0n) is 18.3. The lowest BCUT2D eigenvalue weighted by atomic mass is 10.1. The summed E-state index contributed by atoms with van der Waals surface area (Å²) in [5.74, 6) is -0.149. The fourth-order valence-electron chi connectivity index (χ4n) is 3.60. The van der Waals surface area contributed by atoms with Gasteiger partial charge < -0.3 is 4.98 Å². The van der Waals surface area contributed by atoms with Crippen LogP contribution in [0.3, 0.4) is 0 Å². The Morgan fingerprint density at radius 3 is 2.45 bits per heavy atom. The van der Waals surface area contributed by atoms with Crippen LogP contribution in [0.15, 0.2) is 82.7 Å². The van der Waals surface area contributed by atoms with E-state index in [0.717, 1.165) is 10.9 Å². The number of aryl methyl sites for hydroxylation is 1. The van der Waals surface area contributed by atoms with Crippen LogP contribution in [0.2, 0.25) is 0 Å². The summed E-state index contributed by atoms with van der Waals surface area (Å²) in [5, 5.41) is 0.819. The number of Topliss-reactive ketones (excluding diaryl/α,β-unsaturated/α-hetero) is 1. The number of carbonyl (C=O) groups excluding carboxylic acids is 1. The van der Waals surface area contributed by atoms with Crippen LogP contribution in [0.25, 0.3) is 10.9 Å². The van der Waals surface area contributed by atoms with Crippen LogP contribution in [-0.4, -0.2) is 28.5 Å². The second kappa shape index (κ2) is 9.09. The number of rotatable bonds is 7. The standard InChI is InChI=1S/C25H23N3O4S/c1-17-5-6-21-13-22(25(30)27-24(21)12-17)16-28(15-19-4-3-11-26-14-19)33(31,32)23-9-7-20(8-10-23)18(2)29/h3-14H,15-16H2,1-2H3,(H,27,30). The van der Waals surface area contributed by atoms with E-state index in [1.807, 2.05) is 25.1 Å². The van der Waals surface area contributed by atoms with Gasteiger partial charge >= 0.3 is 0 Å². The molecule has 2 heterocycles. The van der Waals surface area contributed by atoms with Crippen molar-refractivity contribution in [2.24, 2.45) is 0 Å². The summed E-state index contributed by atoms with van der Waals surface area (Å²) < 4.78 is 28.3. The minimum Gasteiger partial charge on any atom is -0.322 e. The molecule has 0 amide bonds. The van der Waals surface area contributed by atoms with Gasteiger partial charge in [0.2, 0.25) is 10.0 Å². The molecular weight excluding hydrogens is 438 g/mol. The highest BCUT2D eigenvalue weighted by Gasteiger charge is 2.26. The Kier molecular flexibility index (Phi) is 6.22. The second-order valence-electron chi connectivity index (χ2n) is 7.93. The van der Waals surface area contributed by atoms with Crippen LogP contribution >= 0.6 is 0 Å². The predicted molar refractivity (Wildman–Crippen MR) is 126 cm³/mol. The third-order valence-corrected chi connectivity index (χ3v) is 7.21. The summed E-state index contributed by atoms with van der Waals surface area (Å²) in [6, 6.07) is 16.7. The van der Waals surface area contributed by atoms with E-state index < -0.39 is 10.0 Å². The van der Waals surface area contributed by atoms with Crippen LogP contribution in [0.5, 0.6) is 0 Å². The van der Waals surface area contributed by atoms with Gasteiger partial charge in [0.25, 0.3) is 5.56 Å². The first-order chi connectivity index (χ1) is 15.7. The highest BCUT2D eigenvalue weighted by atomic mass is 32.2. The van der Waals surface area contributed by atoms with Crippen molar-refractivity contribution in [1.82, 2.24) is 14.3 Å².